The molecule has 0 aliphatic carbocycles. The molecule has 0 unspecified atom stereocenters. The maximum Gasteiger partial charge on any atom is 0.223 e. The first-order valence-electron chi connectivity index (χ1n) is 8.17. The molecule has 1 amide bonds. The first-order chi connectivity index (χ1) is 11.3. The smallest absolute Gasteiger partial charge is 0.223 e. The van der Waals surface area contributed by atoms with E-state index >= 15 is 0 Å². The number of rotatable bonds is 4. The van der Waals surface area contributed by atoms with Gasteiger partial charge in [0, 0.05) is 58.0 Å². The van der Waals surface area contributed by atoms with Gasteiger partial charge in [0.15, 0.2) is 0 Å². The standard InChI is InChI=1S/C16H24N4O3/c1-22-14-2-5-20(15-11-17-3-4-18-15)12-13(14)10-16(21)19-6-8-23-9-7-19/h3-4,11,13-14H,2,5-10,12H2,1H3/t13-,14-/m1/s1. The Morgan fingerprint density at radius 3 is 2.87 bits per heavy atom. The molecule has 1 aromatic heterocycles. The lowest BCUT2D eigenvalue weighted by Crippen LogP contribution is -2.48. The third kappa shape index (κ3) is 3.97. The summed E-state index contributed by atoms with van der Waals surface area (Å²) in [5, 5.41) is 0. The van der Waals surface area contributed by atoms with Crippen molar-refractivity contribution < 1.29 is 14.3 Å². The minimum atomic E-state index is 0.118. The first kappa shape index (κ1) is 16.1. The van der Waals surface area contributed by atoms with Crippen LogP contribution in [0.5, 0.6) is 0 Å². The van der Waals surface area contributed by atoms with Crippen molar-refractivity contribution >= 4 is 11.7 Å². The van der Waals surface area contributed by atoms with Crippen LogP contribution in [0, 0.1) is 5.92 Å². The monoisotopic (exact) mass is 320 g/mol. The molecule has 3 rings (SSSR count). The predicted molar refractivity (Wildman–Crippen MR) is 85.2 cm³/mol. The SMILES string of the molecule is CO[C@@H]1CCN(c2cnccn2)C[C@H]1CC(=O)N1CCOCC1. The molecule has 2 fully saturated rings. The van der Waals surface area contributed by atoms with Crippen LogP contribution >= 0.6 is 0 Å². The van der Waals surface area contributed by atoms with E-state index < -0.39 is 0 Å². The largest absolute Gasteiger partial charge is 0.381 e. The number of carbonyl (C=O) groups is 1. The molecule has 0 aromatic carbocycles. The van der Waals surface area contributed by atoms with Crippen LogP contribution in [0.25, 0.3) is 0 Å². The van der Waals surface area contributed by atoms with Gasteiger partial charge in [0.05, 0.1) is 25.5 Å². The van der Waals surface area contributed by atoms with Crippen molar-refractivity contribution in [3.63, 3.8) is 0 Å². The molecular weight excluding hydrogens is 296 g/mol. The second kappa shape index (κ2) is 7.70. The average molecular weight is 320 g/mol. The van der Waals surface area contributed by atoms with Crippen molar-refractivity contribution in [2.24, 2.45) is 5.92 Å². The molecule has 0 N–H and O–H groups in total. The maximum atomic E-state index is 12.5. The highest BCUT2D eigenvalue weighted by atomic mass is 16.5. The predicted octanol–water partition coefficient (Wildman–Crippen LogP) is 0.567. The number of methoxy groups -OCH3 is 1. The van der Waals surface area contributed by atoms with Crippen molar-refractivity contribution in [1.82, 2.24) is 14.9 Å². The molecule has 126 valence electrons. The summed E-state index contributed by atoms with van der Waals surface area (Å²) in [5.74, 6) is 1.23. The second-order valence-corrected chi connectivity index (χ2v) is 6.03. The van der Waals surface area contributed by atoms with Crippen molar-refractivity contribution in [1.29, 1.82) is 0 Å². The van der Waals surface area contributed by atoms with Crippen LogP contribution in [0.2, 0.25) is 0 Å². The van der Waals surface area contributed by atoms with Gasteiger partial charge in [0.25, 0.3) is 0 Å². The number of carbonyl (C=O) groups excluding carboxylic acids is 1. The Morgan fingerprint density at radius 1 is 1.35 bits per heavy atom. The van der Waals surface area contributed by atoms with Gasteiger partial charge in [0.1, 0.15) is 5.82 Å². The lowest BCUT2D eigenvalue weighted by molar-refractivity contribution is -0.137. The Morgan fingerprint density at radius 2 is 2.17 bits per heavy atom. The molecule has 2 aliphatic heterocycles. The Kier molecular flexibility index (Phi) is 5.40. The van der Waals surface area contributed by atoms with Crippen LogP contribution in [0.3, 0.4) is 0 Å². The molecule has 0 spiro atoms. The second-order valence-electron chi connectivity index (χ2n) is 6.03. The van der Waals surface area contributed by atoms with E-state index in [-0.39, 0.29) is 17.9 Å². The molecule has 2 saturated heterocycles. The van der Waals surface area contributed by atoms with E-state index in [1.54, 1.807) is 25.7 Å². The highest BCUT2D eigenvalue weighted by Crippen LogP contribution is 2.26. The minimum Gasteiger partial charge on any atom is -0.381 e. The van der Waals surface area contributed by atoms with Gasteiger partial charge in [-0.05, 0) is 6.42 Å². The zero-order chi connectivity index (χ0) is 16.1. The van der Waals surface area contributed by atoms with E-state index in [0.29, 0.717) is 32.7 Å². The van der Waals surface area contributed by atoms with Crippen LogP contribution in [0.4, 0.5) is 5.82 Å². The number of morpholine rings is 1. The van der Waals surface area contributed by atoms with Gasteiger partial charge in [-0.15, -0.1) is 0 Å². The third-order valence-electron chi connectivity index (χ3n) is 4.64. The van der Waals surface area contributed by atoms with Crippen molar-refractivity contribution in [3.05, 3.63) is 18.6 Å². The number of aromatic nitrogens is 2. The molecule has 2 aliphatic rings. The van der Waals surface area contributed by atoms with E-state index in [2.05, 4.69) is 14.9 Å². The number of hydrogen-bond acceptors (Lipinski definition) is 6. The fraction of sp³-hybridized carbons (Fsp3) is 0.688. The molecule has 0 radical (unpaired) electrons. The fourth-order valence-corrected chi connectivity index (χ4v) is 3.35. The Balaban J connectivity index is 1.63. The van der Waals surface area contributed by atoms with Gasteiger partial charge in [-0.3, -0.25) is 9.78 Å². The molecule has 23 heavy (non-hydrogen) atoms. The van der Waals surface area contributed by atoms with E-state index in [1.807, 2.05) is 4.90 Å². The summed E-state index contributed by atoms with van der Waals surface area (Å²) in [6.07, 6.45) is 6.67. The van der Waals surface area contributed by atoms with E-state index in [0.717, 1.165) is 25.3 Å². The van der Waals surface area contributed by atoms with Crippen LogP contribution in [0.15, 0.2) is 18.6 Å². The maximum absolute atomic E-state index is 12.5. The lowest BCUT2D eigenvalue weighted by atomic mass is 9.91. The van der Waals surface area contributed by atoms with Gasteiger partial charge in [0.2, 0.25) is 5.91 Å². The van der Waals surface area contributed by atoms with Crippen LogP contribution in [-0.2, 0) is 14.3 Å². The van der Waals surface area contributed by atoms with Gasteiger partial charge < -0.3 is 19.3 Å². The summed E-state index contributed by atoms with van der Waals surface area (Å²) >= 11 is 0. The van der Waals surface area contributed by atoms with Crippen LogP contribution < -0.4 is 4.90 Å². The summed E-state index contributed by atoms with van der Waals surface area (Å²) in [6, 6.07) is 0. The third-order valence-corrected chi connectivity index (χ3v) is 4.64. The first-order valence-corrected chi connectivity index (χ1v) is 8.17. The number of ether oxygens (including phenoxy) is 2. The van der Waals surface area contributed by atoms with E-state index in [9.17, 15) is 4.79 Å². The Labute approximate surface area is 136 Å². The average Bonchev–Trinajstić information content (AvgIpc) is 2.63. The summed E-state index contributed by atoms with van der Waals surface area (Å²) in [4.78, 5) is 25.1. The molecule has 0 saturated carbocycles. The zero-order valence-corrected chi connectivity index (χ0v) is 13.6. The zero-order valence-electron chi connectivity index (χ0n) is 13.6. The topological polar surface area (TPSA) is 67.8 Å². The normalized spacial score (nSPS) is 25.4. The molecule has 3 heterocycles. The number of amides is 1. The Bertz CT molecular complexity index is 507. The van der Waals surface area contributed by atoms with Crippen molar-refractivity contribution in [2.75, 3.05) is 51.4 Å². The van der Waals surface area contributed by atoms with Crippen LogP contribution in [0.1, 0.15) is 12.8 Å². The fourth-order valence-electron chi connectivity index (χ4n) is 3.35. The van der Waals surface area contributed by atoms with Gasteiger partial charge in [-0.2, -0.15) is 0 Å². The number of nitrogens with zero attached hydrogens (tertiary/aromatic N) is 4. The highest BCUT2D eigenvalue weighted by Gasteiger charge is 2.33. The minimum absolute atomic E-state index is 0.118. The Hall–Kier alpha value is -1.73. The molecule has 7 nitrogen and oxygen atoms in total. The van der Waals surface area contributed by atoms with Gasteiger partial charge in [-0.1, -0.05) is 0 Å². The summed E-state index contributed by atoms with van der Waals surface area (Å²) < 4.78 is 10.9. The molecule has 0 bridgehead atoms. The highest BCUT2D eigenvalue weighted by molar-refractivity contribution is 5.76. The van der Waals surface area contributed by atoms with Gasteiger partial charge in [-0.25, -0.2) is 4.98 Å². The lowest BCUT2D eigenvalue weighted by Gasteiger charge is -2.39. The number of piperidine rings is 1. The van der Waals surface area contributed by atoms with Crippen LogP contribution in [-0.4, -0.2) is 73.4 Å². The molecular formula is C16H24N4O3. The molecule has 7 heteroatoms. The van der Waals surface area contributed by atoms with Crippen molar-refractivity contribution in [3.8, 4) is 0 Å². The summed E-state index contributed by atoms with van der Waals surface area (Å²) in [7, 11) is 1.73. The quantitative estimate of drug-likeness (QED) is 0.808. The molecule has 2 atom stereocenters. The number of anilines is 1. The van der Waals surface area contributed by atoms with E-state index in [1.165, 1.54) is 0 Å². The molecule has 1 aromatic rings. The number of hydrogen-bond donors (Lipinski definition) is 0. The van der Waals surface area contributed by atoms with E-state index in [4.69, 9.17) is 9.47 Å². The van der Waals surface area contributed by atoms with Gasteiger partial charge >= 0.3 is 0 Å². The van der Waals surface area contributed by atoms with Crippen molar-refractivity contribution in [2.45, 2.75) is 18.9 Å². The summed E-state index contributed by atoms with van der Waals surface area (Å²) in [6.45, 7) is 4.30. The summed E-state index contributed by atoms with van der Waals surface area (Å²) in [5.41, 5.74) is 0.